The number of rotatable bonds is 3. The fraction of sp³-hybridized carbons (Fsp3) is 0.333. The number of thiophene rings is 1. The van der Waals surface area contributed by atoms with Gasteiger partial charge in [0.2, 0.25) is 0 Å². The average Bonchev–Trinajstić information content (AvgIpc) is 3.24. The number of nitrogens with zero attached hydrogens (tertiary/aromatic N) is 2. The summed E-state index contributed by atoms with van der Waals surface area (Å²) in [6.07, 6.45) is -2.10. The molecule has 1 aliphatic heterocycles. The predicted molar refractivity (Wildman–Crippen MR) is 80.3 cm³/mol. The molecule has 1 atom stereocenters. The lowest BCUT2D eigenvalue weighted by Crippen LogP contribution is -2.47. The number of carboxylic acids is 1. The lowest BCUT2D eigenvalue weighted by atomic mass is 9.86. The van der Waals surface area contributed by atoms with Crippen LogP contribution < -0.4 is 0 Å². The van der Waals surface area contributed by atoms with Gasteiger partial charge in [0.1, 0.15) is 4.88 Å². The Morgan fingerprint density at radius 3 is 2.46 bits per heavy atom. The number of hydrogen-bond donors (Lipinski definition) is 1. The van der Waals surface area contributed by atoms with Crippen LogP contribution in [0.15, 0.2) is 36.0 Å². The molecule has 1 aliphatic rings. The maximum Gasteiger partial charge on any atom is 0.406 e. The van der Waals surface area contributed by atoms with Gasteiger partial charge in [-0.15, -0.1) is 11.3 Å². The fourth-order valence-electron chi connectivity index (χ4n) is 2.81. The van der Waals surface area contributed by atoms with Gasteiger partial charge < -0.3 is 14.6 Å². The van der Waals surface area contributed by atoms with E-state index in [9.17, 15) is 22.8 Å². The van der Waals surface area contributed by atoms with Crippen molar-refractivity contribution in [2.75, 3.05) is 13.1 Å². The average molecular weight is 358 g/mol. The highest BCUT2D eigenvalue weighted by atomic mass is 32.1. The van der Waals surface area contributed by atoms with Crippen molar-refractivity contribution < 1.29 is 27.9 Å². The first-order valence-corrected chi connectivity index (χ1v) is 7.94. The molecule has 2 aromatic rings. The second-order valence-electron chi connectivity index (χ2n) is 5.59. The van der Waals surface area contributed by atoms with Crippen LogP contribution in [0.4, 0.5) is 13.2 Å². The Morgan fingerprint density at radius 2 is 1.92 bits per heavy atom. The minimum absolute atomic E-state index is 0.242. The molecule has 128 valence electrons. The summed E-state index contributed by atoms with van der Waals surface area (Å²) in [6, 6.07) is 5.23. The van der Waals surface area contributed by atoms with Crippen LogP contribution in [0.3, 0.4) is 0 Å². The van der Waals surface area contributed by atoms with Gasteiger partial charge in [0.05, 0.1) is 5.69 Å². The summed E-state index contributed by atoms with van der Waals surface area (Å²) in [5.74, 6) is -2.52. The van der Waals surface area contributed by atoms with Gasteiger partial charge in [-0.2, -0.15) is 13.2 Å². The lowest BCUT2D eigenvalue weighted by Gasteiger charge is -2.27. The molecule has 0 radical (unpaired) electrons. The Bertz CT molecular complexity index is 769. The number of carbonyl (C=O) groups is 2. The van der Waals surface area contributed by atoms with Gasteiger partial charge >= 0.3 is 12.1 Å². The lowest BCUT2D eigenvalue weighted by molar-refractivity contribution is -0.227. The first-order chi connectivity index (χ1) is 11.3. The Balaban J connectivity index is 1.89. The van der Waals surface area contributed by atoms with E-state index in [0.717, 1.165) is 16.2 Å². The van der Waals surface area contributed by atoms with Crippen molar-refractivity contribution in [1.29, 1.82) is 0 Å². The molecule has 1 fully saturated rings. The van der Waals surface area contributed by atoms with Gasteiger partial charge in [-0.3, -0.25) is 9.59 Å². The third kappa shape index (κ3) is 2.48. The van der Waals surface area contributed by atoms with Crippen molar-refractivity contribution >= 4 is 23.2 Å². The highest BCUT2D eigenvalue weighted by Gasteiger charge is 2.64. The van der Waals surface area contributed by atoms with Crippen LogP contribution in [0.1, 0.15) is 16.1 Å². The van der Waals surface area contributed by atoms with E-state index in [-0.39, 0.29) is 11.4 Å². The Morgan fingerprint density at radius 1 is 1.25 bits per heavy atom. The van der Waals surface area contributed by atoms with E-state index in [1.807, 2.05) is 0 Å². The van der Waals surface area contributed by atoms with Gasteiger partial charge in [-0.1, -0.05) is 0 Å². The van der Waals surface area contributed by atoms with E-state index in [1.165, 1.54) is 0 Å². The van der Waals surface area contributed by atoms with Crippen LogP contribution >= 0.6 is 11.3 Å². The third-order valence-electron chi connectivity index (χ3n) is 4.23. The topological polar surface area (TPSA) is 62.5 Å². The molecule has 0 aliphatic carbocycles. The van der Waals surface area contributed by atoms with Crippen LogP contribution in [-0.2, 0) is 4.79 Å². The molecule has 1 unspecified atom stereocenters. The van der Waals surface area contributed by atoms with Gasteiger partial charge in [0.15, 0.2) is 5.41 Å². The molecule has 3 rings (SSSR count). The molecule has 1 amide bonds. The third-order valence-corrected chi connectivity index (χ3v) is 5.12. The number of alkyl halides is 3. The second kappa shape index (κ2) is 5.66. The number of carbonyl (C=O) groups excluding carboxylic acids is 1. The number of amides is 1. The van der Waals surface area contributed by atoms with Crippen molar-refractivity contribution in [1.82, 2.24) is 9.47 Å². The molecular formula is C15H13F3N2O3S. The standard InChI is InChI=1S/C15H13F3N2O3S/c16-15(17,18)14(13(22)23)4-7-20(9-14)12(21)11-10(3-8-24-11)19-5-1-2-6-19/h1-3,5-6,8H,4,7,9H2,(H,22,23). The number of halogens is 3. The predicted octanol–water partition coefficient (Wildman–Crippen LogP) is 3.02. The summed E-state index contributed by atoms with van der Waals surface area (Å²) in [5, 5.41) is 10.7. The van der Waals surface area contributed by atoms with E-state index >= 15 is 0 Å². The molecule has 1 saturated heterocycles. The molecule has 0 spiro atoms. The Kier molecular flexibility index (Phi) is 3.90. The zero-order valence-electron chi connectivity index (χ0n) is 12.3. The SMILES string of the molecule is O=C(c1sccc1-n1cccc1)N1CCC(C(=O)O)(C(F)(F)F)C1. The van der Waals surface area contributed by atoms with E-state index in [1.54, 1.807) is 40.5 Å². The molecule has 24 heavy (non-hydrogen) atoms. The van der Waals surface area contributed by atoms with E-state index in [4.69, 9.17) is 5.11 Å². The summed E-state index contributed by atoms with van der Waals surface area (Å²) in [7, 11) is 0. The van der Waals surface area contributed by atoms with E-state index in [0.29, 0.717) is 5.69 Å². The second-order valence-corrected chi connectivity index (χ2v) is 6.50. The molecule has 3 heterocycles. The number of carboxylic acid groups (broad SMARTS) is 1. The molecule has 2 aromatic heterocycles. The van der Waals surface area contributed by atoms with Crippen LogP contribution in [0.2, 0.25) is 0 Å². The van der Waals surface area contributed by atoms with E-state index < -0.39 is 36.4 Å². The number of aliphatic carboxylic acids is 1. The molecule has 5 nitrogen and oxygen atoms in total. The highest BCUT2D eigenvalue weighted by molar-refractivity contribution is 7.12. The summed E-state index contributed by atoms with van der Waals surface area (Å²) < 4.78 is 41.4. The first-order valence-electron chi connectivity index (χ1n) is 7.06. The van der Waals surface area contributed by atoms with Crippen molar-refractivity contribution in [2.45, 2.75) is 12.6 Å². The smallest absolute Gasteiger partial charge is 0.406 e. The quantitative estimate of drug-likeness (QED) is 0.917. The largest absolute Gasteiger partial charge is 0.481 e. The molecule has 0 saturated carbocycles. The van der Waals surface area contributed by atoms with Gasteiger partial charge in [0.25, 0.3) is 5.91 Å². The minimum atomic E-state index is -4.91. The highest BCUT2D eigenvalue weighted by Crippen LogP contribution is 2.46. The monoisotopic (exact) mass is 358 g/mol. The molecule has 9 heteroatoms. The van der Waals surface area contributed by atoms with Crippen molar-refractivity contribution in [3.05, 3.63) is 40.8 Å². The van der Waals surface area contributed by atoms with Crippen molar-refractivity contribution in [2.24, 2.45) is 5.41 Å². The Labute approximate surface area is 138 Å². The van der Waals surface area contributed by atoms with Crippen molar-refractivity contribution in [3.8, 4) is 5.69 Å². The molecular weight excluding hydrogens is 345 g/mol. The van der Waals surface area contributed by atoms with Crippen LogP contribution in [0.5, 0.6) is 0 Å². The zero-order chi connectivity index (χ0) is 17.5. The Hall–Kier alpha value is -2.29. The van der Waals surface area contributed by atoms with Crippen LogP contribution in [0, 0.1) is 5.41 Å². The molecule has 0 bridgehead atoms. The fourth-order valence-corrected chi connectivity index (χ4v) is 3.67. The molecule has 1 N–H and O–H groups in total. The van der Waals surface area contributed by atoms with Crippen molar-refractivity contribution in [3.63, 3.8) is 0 Å². The summed E-state index contributed by atoms with van der Waals surface area (Å²) in [5.41, 5.74) is -2.33. The summed E-state index contributed by atoms with van der Waals surface area (Å²) in [4.78, 5) is 25.1. The maximum absolute atomic E-state index is 13.2. The minimum Gasteiger partial charge on any atom is -0.481 e. The number of likely N-dealkylation sites (tertiary alicyclic amines) is 1. The summed E-state index contributed by atoms with van der Waals surface area (Å²) in [6.45, 7) is -1.11. The molecule has 0 aromatic carbocycles. The first kappa shape index (κ1) is 16.6. The van der Waals surface area contributed by atoms with Gasteiger partial charge in [0, 0.05) is 25.5 Å². The van der Waals surface area contributed by atoms with Gasteiger partial charge in [-0.05, 0) is 30.0 Å². The van der Waals surface area contributed by atoms with E-state index in [2.05, 4.69) is 0 Å². The number of aromatic nitrogens is 1. The van der Waals surface area contributed by atoms with Crippen LogP contribution in [-0.4, -0.2) is 45.7 Å². The van der Waals surface area contributed by atoms with Gasteiger partial charge in [-0.25, -0.2) is 0 Å². The van der Waals surface area contributed by atoms with Crippen LogP contribution in [0.25, 0.3) is 5.69 Å². The summed E-state index contributed by atoms with van der Waals surface area (Å²) >= 11 is 1.12. The zero-order valence-corrected chi connectivity index (χ0v) is 13.1. The number of hydrogen-bond acceptors (Lipinski definition) is 3. The maximum atomic E-state index is 13.2. The normalized spacial score (nSPS) is 21.2.